The average Bonchev–Trinajstić information content (AvgIpc) is 3.42. The molecule has 1 aliphatic heterocycles. The Kier molecular flexibility index (Phi) is 6.00. The van der Waals surface area contributed by atoms with Gasteiger partial charge in [0.1, 0.15) is 5.82 Å². The van der Waals surface area contributed by atoms with Crippen LogP contribution in [0.4, 0.5) is 4.39 Å². The van der Waals surface area contributed by atoms with Crippen LogP contribution in [0.15, 0.2) is 30.5 Å². The molecule has 1 aliphatic carbocycles. The van der Waals surface area contributed by atoms with Crippen molar-refractivity contribution >= 4 is 5.91 Å². The molecule has 28 heavy (non-hydrogen) atoms. The standard InChI is InChI=1S/C21H28FN5O/c22-17-10-8-16(9-11-17)20(26-12-4-5-13-26)14-23-21(28)19-15-27(25-24-19)18-6-2-1-3-7-18/h8-11,15,18,20H,1-7,12-14H2,(H,23,28)/t20-/m0/s1. The van der Waals surface area contributed by atoms with Gasteiger partial charge >= 0.3 is 0 Å². The molecule has 0 spiro atoms. The first-order valence-electron chi connectivity index (χ1n) is 10.4. The lowest BCUT2D eigenvalue weighted by molar-refractivity contribution is 0.0932. The van der Waals surface area contributed by atoms with E-state index in [0.717, 1.165) is 44.3 Å². The second-order valence-corrected chi connectivity index (χ2v) is 7.90. The van der Waals surface area contributed by atoms with E-state index in [0.29, 0.717) is 18.3 Å². The molecule has 1 aromatic carbocycles. The highest BCUT2D eigenvalue weighted by Crippen LogP contribution is 2.27. The highest BCUT2D eigenvalue weighted by Gasteiger charge is 2.25. The molecular weight excluding hydrogens is 357 g/mol. The van der Waals surface area contributed by atoms with Crippen LogP contribution in [0.3, 0.4) is 0 Å². The smallest absolute Gasteiger partial charge is 0.273 e. The largest absolute Gasteiger partial charge is 0.349 e. The molecule has 2 aliphatic rings. The summed E-state index contributed by atoms with van der Waals surface area (Å²) in [6.45, 7) is 2.46. The zero-order valence-corrected chi connectivity index (χ0v) is 16.2. The molecule has 6 nitrogen and oxygen atoms in total. The number of carbonyl (C=O) groups is 1. The van der Waals surface area contributed by atoms with Crippen molar-refractivity contribution in [1.82, 2.24) is 25.2 Å². The SMILES string of the molecule is O=C(NC[C@@H](c1ccc(F)cc1)N1CCCC1)c1cn(C2CCCCC2)nn1. The molecule has 1 saturated heterocycles. The summed E-state index contributed by atoms with van der Waals surface area (Å²) < 4.78 is 15.2. The van der Waals surface area contributed by atoms with Gasteiger partial charge in [-0.3, -0.25) is 9.69 Å². The summed E-state index contributed by atoms with van der Waals surface area (Å²) in [7, 11) is 0. The van der Waals surface area contributed by atoms with Gasteiger partial charge < -0.3 is 5.32 Å². The van der Waals surface area contributed by atoms with Crippen LogP contribution >= 0.6 is 0 Å². The van der Waals surface area contributed by atoms with E-state index < -0.39 is 0 Å². The lowest BCUT2D eigenvalue weighted by Gasteiger charge is -2.28. The van der Waals surface area contributed by atoms with E-state index in [2.05, 4.69) is 20.5 Å². The quantitative estimate of drug-likeness (QED) is 0.827. The summed E-state index contributed by atoms with van der Waals surface area (Å²) in [6, 6.07) is 6.99. The fraction of sp³-hybridized carbons (Fsp3) is 0.571. The van der Waals surface area contributed by atoms with Crippen molar-refractivity contribution in [2.24, 2.45) is 0 Å². The number of amides is 1. The van der Waals surface area contributed by atoms with Crippen molar-refractivity contribution in [3.8, 4) is 0 Å². The Labute approximate surface area is 165 Å². The number of hydrogen-bond donors (Lipinski definition) is 1. The number of benzene rings is 1. The molecule has 1 saturated carbocycles. The van der Waals surface area contributed by atoms with E-state index in [1.165, 1.54) is 31.4 Å². The van der Waals surface area contributed by atoms with E-state index in [1.807, 2.05) is 16.8 Å². The molecule has 4 rings (SSSR count). The third-order valence-corrected chi connectivity index (χ3v) is 5.98. The maximum Gasteiger partial charge on any atom is 0.273 e. The summed E-state index contributed by atoms with van der Waals surface area (Å²) in [5, 5.41) is 11.3. The number of aromatic nitrogens is 3. The van der Waals surface area contributed by atoms with E-state index in [-0.39, 0.29) is 17.8 Å². The monoisotopic (exact) mass is 385 g/mol. The van der Waals surface area contributed by atoms with Crippen molar-refractivity contribution in [3.63, 3.8) is 0 Å². The van der Waals surface area contributed by atoms with E-state index >= 15 is 0 Å². The first-order chi connectivity index (χ1) is 13.7. The third kappa shape index (κ3) is 4.41. The Morgan fingerprint density at radius 2 is 1.82 bits per heavy atom. The minimum Gasteiger partial charge on any atom is -0.349 e. The van der Waals surface area contributed by atoms with Crippen molar-refractivity contribution in [2.75, 3.05) is 19.6 Å². The fourth-order valence-electron chi connectivity index (χ4n) is 4.38. The lowest BCUT2D eigenvalue weighted by atomic mass is 9.96. The topological polar surface area (TPSA) is 63.1 Å². The molecule has 1 N–H and O–H groups in total. The van der Waals surface area contributed by atoms with Gasteiger partial charge in [-0.15, -0.1) is 5.10 Å². The second-order valence-electron chi connectivity index (χ2n) is 7.90. The molecule has 1 amide bonds. The normalized spacial score (nSPS) is 19.6. The van der Waals surface area contributed by atoms with Crippen molar-refractivity contribution in [1.29, 1.82) is 0 Å². The maximum atomic E-state index is 13.3. The third-order valence-electron chi connectivity index (χ3n) is 5.98. The van der Waals surface area contributed by atoms with Gasteiger partial charge in [-0.1, -0.05) is 36.6 Å². The minimum absolute atomic E-state index is 0.0421. The maximum absolute atomic E-state index is 13.3. The summed E-state index contributed by atoms with van der Waals surface area (Å²) in [4.78, 5) is 15.0. The number of hydrogen-bond acceptors (Lipinski definition) is 4. The van der Waals surface area contributed by atoms with Crippen molar-refractivity contribution < 1.29 is 9.18 Å². The van der Waals surface area contributed by atoms with Crippen LogP contribution in [0.2, 0.25) is 0 Å². The van der Waals surface area contributed by atoms with Crippen molar-refractivity contribution in [3.05, 3.63) is 47.5 Å². The Morgan fingerprint density at radius 1 is 1.11 bits per heavy atom. The number of nitrogens with zero attached hydrogens (tertiary/aromatic N) is 4. The number of nitrogens with one attached hydrogen (secondary N) is 1. The molecular formula is C21H28FN5O. The molecule has 0 unspecified atom stereocenters. The molecule has 2 aromatic rings. The lowest BCUT2D eigenvalue weighted by Crippen LogP contribution is -2.37. The van der Waals surface area contributed by atoms with Crippen LogP contribution in [0.1, 0.15) is 73.1 Å². The highest BCUT2D eigenvalue weighted by atomic mass is 19.1. The van der Waals surface area contributed by atoms with Gasteiger partial charge in [0.15, 0.2) is 5.69 Å². The summed E-state index contributed by atoms with van der Waals surface area (Å²) in [5.41, 5.74) is 1.39. The number of likely N-dealkylation sites (tertiary alicyclic amines) is 1. The molecule has 2 heterocycles. The van der Waals surface area contributed by atoms with Crippen molar-refractivity contribution in [2.45, 2.75) is 57.0 Å². The summed E-state index contributed by atoms with van der Waals surface area (Å²) in [6.07, 6.45) is 9.98. The molecule has 1 atom stereocenters. The molecule has 1 aromatic heterocycles. The van der Waals surface area contributed by atoms with Gasteiger partial charge in [0, 0.05) is 6.54 Å². The first kappa shape index (κ1) is 19.1. The van der Waals surface area contributed by atoms with Gasteiger partial charge in [0.2, 0.25) is 0 Å². The van der Waals surface area contributed by atoms with Crippen LogP contribution in [-0.2, 0) is 0 Å². The average molecular weight is 385 g/mol. The number of rotatable bonds is 6. The van der Waals surface area contributed by atoms with Gasteiger partial charge in [-0.25, -0.2) is 9.07 Å². The van der Waals surface area contributed by atoms with Crippen LogP contribution < -0.4 is 5.32 Å². The fourth-order valence-corrected chi connectivity index (χ4v) is 4.38. The predicted molar refractivity (Wildman–Crippen MR) is 104 cm³/mol. The predicted octanol–water partition coefficient (Wildman–Crippen LogP) is 3.49. The van der Waals surface area contributed by atoms with E-state index in [9.17, 15) is 9.18 Å². The van der Waals surface area contributed by atoms with E-state index in [1.54, 1.807) is 6.20 Å². The summed E-state index contributed by atoms with van der Waals surface area (Å²) in [5.74, 6) is -0.444. The van der Waals surface area contributed by atoms with Crippen LogP contribution in [0, 0.1) is 5.82 Å². The molecule has 0 radical (unpaired) electrons. The summed E-state index contributed by atoms with van der Waals surface area (Å²) >= 11 is 0. The van der Waals surface area contributed by atoms with Crippen LogP contribution in [-0.4, -0.2) is 45.4 Å². The molecule has 0 bridgehead atoms. The Balaban J connectivity index is 1.41. The van der Waals surface area contributed by atoms with E-state index in [4.69, 9.17) is 0 Å². The van der Waals surface area contributed by atoms with Crippen LogP contribution in [0.25, 0.3) is 0 Å². The minimum atomic E-state index is -0.243. The Hall–Kier alpha value is -2.28. The molecule has 7 heteroatoms. The highest BCUT2D eigenvalue weighted by molar-refractivity contribution is 5.91. The first-order valence-corrected chi connectivity index (χ1v) is 10.4. The van der Waals surface area contributed by atoms with Crippen LogP contribution in [0.5, 0.6) is 0 Å². The van der Waals surface area contributed by atoms with Gasteiger partial charge in [0.05, 0.1) is 18.3 Å². The van der Waals surface area contributed by atoms with Gasteiger partial charge in [-0.2, -0.15) is 0 Å². The number of carbonyl (C=O) groups excluding carboxylic acids is 1. The molecule has 2 fully saturated rings. The van der Waals surface area contributed by atoms with Gasteiger partial charge in [-0.05, 0) is 56.5 Å². The Morgan fingerprint density at radius 3 is 2.54 bits per heavy atom. The second kappa shape index (κ2) is 8.82. The molecule has 150 valence electrons. The van der Waals surface area contributed by atoms with Gasteiger partial charge in [0.25, 0.3) is 5.91 Å². The zero-order chi connectivity index (χ0) is 19.3. The number of halogens is 1. The Bertz CT molecular complexity index is 778. The zero-order valence-electron chi connectivity index (χ0n) is 16.2.